The summed E-state index contributed by atoms with van der Waals surface area (Å²) >= 11 is 0. The van der Waals surface area contributed by atoms with E-state index in [9.17, 15) is 0 Å². The molecule has 1 unspecified atom stereocenters. The first-order valence-electron chi connectivity index (χ1n) is 7.90. The molecule has 0 aliphatic heterocycles. The van der Waals surface area contributed by atoms with Gasteiger partial charge in [0.15, 0.2) is 0 Å². The van der Waals surface area contributed by atoms with Crippen LogP contribution < -0.4 is 5.73 Å². The molecule has 1 atom stereocenters. The van der Waals surface area contributed by atoms with Crippen LogP contribution in [0.5, 0.6) is 0 Å². The van der Waals surface area contributed by atoms with Crippen molar-refractivity contribution in [3.63, 3.8) is 0 Å². The number of nitrogens with zero attached hydrogens (tertiary/aromatic N) is 1. The highest BCUT2D eigenvalue weighted by Crippen LogP contribution is 2.30. The second kappa shape index (κ2) is 6.88. The van der Waals surface area contributed by atoms with Crippen molar-refractivity contribution in [3.8, 4) is 0 Å². The Bertz CT molecular complexity index is 534. The Kier molecular flexibility index (Phi) is 4.69. The normalized spacial score (nSPS) is 16.1. The zero-order chi connectivity index (χ0) is 14.5. The molecule has 1 fully saturated rings. The zero-order valence-electron chi connectivity index (χ0n) is 12.5. The molecule has 2 nitrogen and oxygen atoms in total. The van der Waals surface area contributed by atoms with E-state index in [2.05, 4.69) is 65.6 Å². The van der Waals surface area contributed by atoms with Crippen molar-refractivity contribution in [3.05, 3.63) is 71.8 Å². The van der Waals surface area contributed by atoms with E-state index < -0.39 is 0 Å². The predicted molar refractivity (Wildman–Crippen MR) is 88.1 cm³/mol. The largest absolute Gasteiger partial charge is 0.330 e. The van der Waals surface area contributed by atoms with E-state index in [1.807, 2.05) is 0 Å². The molecule has 2 aromatic rings. The molecule has 1 saturated carbocycles. The molecule has 3 rings (SSSR count). The van der Waals surface area contributed by atoms with Gasteiger partial charge in [-0.3, -0.25) is 4.90 Å². The number of rotatable bonds is 7. The molecular formula is C19H24N2. The fourth-order valence-corrected chi connectivity index (χ4v) is 2.92. The highest BCUT2D eigenvalue weighted by molar-refractivity contribution is 5.21. The van der Waals surface area contributed by atoms with Crippen molar-refractivity contribution in [2.45, 2.75) is 31.3 Å². The van der Waals surface area contributed by atoms with Crippen LogP contribution in [-0.2, 0) is 6.54 Å². The first-order chi connectivity index (χ1) is 10.4. The Balaban J connectivity index is 1.69. The van der Waals surface area contributed by atoms with Crippen molar-refractivity contribution in [1.82, 2.24) is 4.90 Å². The monoisotopic (exact) mass is 280 g/mol. The molecule has 1 aliphatic rings. The van der Waals surface area contributed by atoms with E-state index in [1.54, 1.807) is 0 Å². The van der Waals surface area contributed by atoms with E-state index in [4.69, 9.17) is 5.73 Å². The highest BCUT2D eigenvalue weighted by Gasteiger charge is 2.30. The summed E-state index contributed by atoms with van der Waals surface area (Å²) < 4.78 is 0. The first kappa shape index (κ1) is 14.3. The average Bonchev–Trinajstić information content (AvgIpc) is 3.38. The smallest absolute Gasteiger partial charge is 0.0236 e. The van der Waals surface area contributed by atoms with Crippen LogP contribution in [-0.4, -0.2) is 24.0 Å². The Labute approximate surface area is 127 Å². The lowest BCUT2D eigenvalue weighted by Gasteiger charge is -2.27. The summed E-state index contributed by atoms with van der Waals surface area (Å²) in [6.07, 6.45) is 2.66. The number of nitrogens with two attached hydrogens (primary N) is 1. The molecule has 0 saturated heterocycles. The van der Waals surface area contributed by atoms with Crippen molar-refractivity contribution in [2.24, 2.45) is 5.73 Å². The maximum Gasteiger partial charge on any atom is 0.0236 e. The van der Waals surface area contributed by atoms with Crippen LogP contribution >= 0.6 is 0 Å². The minimum Gasteiger partial charge on any atom is -0.330 e. The lowest BCUT2D eigenvalue weighted by atomic mass is 9.98. The number of hydrogen-bond acceptors (Lipinski definition) is 2. The summed E-state index contributed by atoms with van der Waals surface area (Å²) in [7, 11) is 0. The molecule has 2 heteroatoms. The molecule has 0 heterocycles. The van der Waals surface area contributed by atoms with Gasteiger partial charge in [-0.05, 0) is 24.0 Å². The SMILES string of the molecule is NCC(CN(Cc1ccccc1)C1CC1)c1ccccc1. The second-order valence-electron chi connectivity index (χ2n) is 5.99. The summed E-state index contributed by atoms with van der Waals surface area (Å²) in [5, 5.41) is 0. The summed E-state index contributed by atoms with van der Waals surface area (Å²) in [4.78, 5) is 2.61. The van der Waals surface area contributed by atoms with Crippen LogP contribution in [0.15, 0.2) is 60.7 Å². The van der Waals surface area contributed by atoms with E-state index in [-0.39, 0.29) is 0 Å². The van der Waals surface area contributed by atoms with Gasteiger partial charge >= 0.3 is 0 Å². The summed E-state index contributed by atoms with van der Waals surface area (Å²) in [6, 6.07) is 22.2. The zero-order valence-corrected chi connectivity index (χ0v) is 12.5. The molecule has 0 spiro atoms. The standard InChI is InChI=1S/C19H24N2/c20-13-18(17-9-5-2-6-10-17)15-21(19-11-12-19)14-16-7-3-1-4-8-16/h1-10,18-19H,11-15,20H2. The maximum absolute atomic E-state index is 6.04. The Morgan fingerprint density at radius 2 is 1.57 bits per heavy atom. The molecule has 1 aliphatic carbocycles. The van der Waals surface area contributed by atoms with E-state index in [0.29, 0.717) is 12.5 Å². The van der Waals surface area contributed by atoms with E-state index in [0.717, 1.165) is 19.1 Å². The van der Waals surface area contributed by atoms with Gasteiger partial charge in [-0.2, -0.15) is 0 Å². The fourth-order valence-electron chi connectivity index (χ4n) is 2.92. The molecule has 21 heavy (non-hydrogen) atoms. The minimum absolute atomic E-state index is 0.426. The maximum atomic E-state index is 6.04. The first-order valence-corrected chi connectivity index (χ1v) is 7.90. The molecule has 0 radical (unpaired) electrons. The molecular weight excluding hydrogens is 256 g/mol. The van der Waals surface area contributed by atoms with Crippen LogP contribution in [0.1, 0.15) is 29.9 Å². The quantitative estimate of drug-likeness (QED) is 0.842. The number of benzene rings is 2. The predicted octanol–water partition coefficient (Wildman–Crippen LogP) is 3.39. The summed E-state index contributed by atoms with van der Waals surface area (Å²) in [5.74, 6) is 0.426. The third kappa shape index (κ3) is 3.93. The van der Waals surface area contributed by atoms with Crippen molar-refractivity contribution in [2.75, 3.05) is 13.1 Å². The molecule has 0 aromatic heterocycles. The third-order valence-electron chi connectivity index (χ3n) is 4.30. The van der Waals surface area contributed by atoms with Gasteiger partial charge < -0.3 is 5.73 Å². The van der Waals surface area contributed by atoms with Crippen LogP contribution in [0.2, 0.25) is 0 Å². The van der Waals surface area contributed by atoms with Crippen LogP contribution in [0, 0.1) is 0 Å². The van der Waals surface area contributed by atoms with Gasteiger partial charge in [-0.15, -0.1) is 0 Å². The van der Waals surface area contributed by atoms with E-state index in [1.165, 1.54) is 24.0 Å². The van der Waals surface area contributed by atoms with Gasteiger partial charge in [0.1, 0.15) is 0 Å². The van der Waals surface area contributed by atoms with Gasteiger partial charge in [0, 0.05) is 31.6 Å². The van der Waals surface area contributed by atoms with Gasteiger partial charge in [-0.25, -0.2) is 0 Å². The highest BCUT2D eigenvalue weighted by atomic mass is 15.2. The van der Waals surface area contributed by atoms with Gasteiger partial charge in [0.25, 0.3) is 0 Å². The van der Waals surface area contributed by atoms with Crippen molar-refractivity contribution in [1.29, 1.82) is 0 Å². The lowest BCUT2D eigenvalue weighted by molar-refractivity contribution is 0.239. The van der Waals surface area contributed by atoms with Crippen LogP contribution in [0.4, 0.5) is 0 Å². The number of hydrogen-bond donors (Lipinski definition) is 1. The average molecular weight is 280 g/mol. The second-order valence-corrected chi connectivity index (χ2v) is 5.99. The van der Waals surface area contributed by atoms with Gasteiger partial charge in [0.2, 0.25) is 0 Å². The van der Waals surface area contributed by atoms with Gasteiger partial charge in [-0.1, -0.05) is 60.7 Å². The van der Waals surface area contributed by atoms with Crippen LogP contribution in [0.25, 0.3) is 0 Å². The Morgan fingerprint density at radius 1 is 0.952 bits per heavy atom. The van der Waals surface area contributed by atoms with Crippen LogP contribution in [0.3, 0.4) is 0 Å². The summed E-state index contributed by atoms with van der Waals surface area (Å²) in [5.41, 5.74) is 8.80. The molecule has 2 aromatic carbocycles. The Morgan fingerprint density at radius 3 is 2.14 bits per heavy atom. The third-order valence-corrected chi connectivity index (χ3v) is 4.30. The Hall–Kier alpha value is -1.64. The fraction of sp³-hybridized carbons (Fsp3) is 0.368. The minimum atomic E-state index is 0.426. The van der Waals surface area contributed by atoms with E-state index >= 15 is 0 Å². The van der Waals surface area contributed by atoms with Gasteiger partial charge in [0.05, 0.1) is 0 Å². The molecule has 0 bridgehead atoms. The lowest BCUT2D eigenvalue weighted by Crippen LogP contribution is -2.33. The molecule has 110 valence electrons. The van der Waals surface area contributed by atoms with Crippen molar-refractivity contribution >= 4 is 0 Å². The molecule has 0 amide bonds. The topological polar surface area (TPSA) is 29.3 Å². The molecule has 2 N–H and O–H groups in total. The summed E-state index contributed by atoms with van der Waals surface area (Å²) in [6.45, 7) is 2.80. The van der Waals surface area contributed by atoms with Crippen molar-refractivity contribution < 1.29 is 0 Å².